The fraction of sp³-hybridized carbons (Fsp3) is 0.714. The third-order valence-electron chi connectivity index (χ3n) is 1.58. The Kier molecular flexibility index (Phi) is 2.89. The highest BCUT2D eigenvalue weighted by atomic mass is 16.6. The quantitative estimate of drug-likeness (QED) is 0.440. The van der Waals surface area contributed by atoms with Crippen molar-refractivity contribution in [2.45, 2.75) is 12.8 Å². The van der Waals surface area contributed by atoms with Crippen molar-refractivity contribution >= 4 is 12.4 Å². The second kappa shape index (κ2) is 3.95. The first-order valence-corrected chi connectivity index (χ1v) is 3.70. The van der Waals surface area contributed by atoms with Crippen LogP contribution in [-0.4, -0.2) is 37.0 Å². The van der Waals surface area contributed by atoms with Gasteiger partial charge in [-0.3, -0.25) is 0 Å². The number of carbonyl (C=O) groups is 2. The van der Waals surface area contributed by atoms with Crippen LogP contribution in [0.2, 0.25) is 0 Å². The van der Waals surface area contributed by atoms with E-state index >= 15 is 0 Å². The number of hydrogen-bond acceptors (Lipinski definition) is 3. The second-order valence-electron chi connectivity index (χ2n) is 2.41. The summed E-state index contributed by atoms with van der Waals surface area (Å²) in [7, 11) is 0. The molecule has 1 rings (SSSR count). The van der Waals surface area contributed by atoms with Crippen LogP contribution in [0.4, 0.5) is 4.79 Å². The minimum Gasteiger partial charge on any atom is -0.449 e. The molecule has 0 radical (unpaired) electrons. The van der Waals surface area contributed by atoms with E-state index in [0.717, 1.165) is 25.8 Å². The Morgan fingerprint density at radius 1 is 1.55 bits per heavy atom. The molecule has 1 aliphatic rings. The van der Waals surface area contributed by atoms with Gasteiger partial charge in [0.15, 0.2) is 0 Å². The number of amides is 1. The molecule has 1 saturated heterocycles. The maximum Gasteiger partial charge on any atom is 0.409 e. The first-order chi connectivity index (χ1) is 5.34. The first kappa shape index (κ1) is 8.04. The number of rotatable bonds is 3. The van der Waals surface area contributed by atoms with Crippen molar-refractivity contribution in [2.75, 3.05) is 19.7 Å². The van der Waals surface area contributed by atoms with Crippen LogP contribution in [0.1, 0.15) is 12.8 Å². The number of aldehydes is 1. The van der Waals surface area contributed by atoms with Gasteiger partial charge in [-0.15, -0.1) is 0 Å². The normalized spacial score (nSPS) is 15.5. The summed E-state index contributed by atoms with van der Waals surface area (Å²) in [6.45, 7) is 1.79. The van der Waals surface area contributed by atoms with Crippen LogP contribution in [-0.2, 0) is 9.53 Å². The van der Waals surface area contributed by atoms with Gasteiger partial charge in [0.25, 0.3) is 0 Å². The Morgan fingerprint density at radius 3 is 2.73 bits per heavy atom. The van der Waals surface area contributed by atoms with Gasteiger partial charge in [-0.2, -0.15) is 0 Å². The van der Waals surface area contributed by atoms with Crippen LogP contribution in [0.15, 0.2) is 0 Å². The zero-order chi connectivity index (χ0) is 8.10. The summed E-state index contributed by atoms with van der Waals surface area (Å²) in [5, 5.41) is 0. The third-order valence-corrected chi connectivity index (χ3v) is 1.58. The van der Waals surface area contributed by atoms with Crippen molar-refractivity contribution in [2.24, 2.45) is 0 Å². The predicted molar refractivity (Wildman–Crippen MR) is 38.2 cm³/mol. The van der Waals surface area contributed by atoms with Crippen LogP contribution in [0, 0.1) is 0 Å². The van der Waals surface area contributed by atoms with E-state index in [1.807, 2.05) is 0 Å². The number of hydrogen-bond donors (Lipinski definition) is 0. The fourth-order valence-electron chi connectivity index (χ4n) is 0.784. The molecule has 0 saturated carbocycles. The highest BCUT2D eigenvalue weighted by Crippen LogP contribution is 2.07. The van der Waals surface area contributed by atoms with Crippen LogP contribution in [0.25, 0.3) is 0 Å². The van der Waals surface area contributed by atoms with E-state index in [-0.39, 0.29) is 12.7 Å². The van der Waals surface area contributed by atoms with E-state index < -0.39 is 0 Å². The molecule has 0 unspecified atom stereocenters. The number of ether oxygens (including phenoxy) is 1. The van der Waals surface area contributed by atoms with Gasteiger partial charge in [0.1, 0.15) is 6.29 Å². The molecule has 0 aromatic rings. The Hall–Kier alpha value is -1.06. The molecule has 11 heavy (non-hydrogen) atoms. The molecule has 0 atom stereocenters. The molecular formula is C7H11NO3. The number of nitrogens with zero attached hydrogens (tertiary/aromatic N) is 1. The summed E-state index contributed by atoms with van der Waals surface area (Å²) in [6, 6.07) is 0. The highest BCUT2D eigenvalue weighted by molar-refractivity contribution is 5.68. The largest absolute Gasteiger partial charge is 0.449 e. The fourth-order valence-corrected chi connectivity index (χ4v) is 0.784. The zero-order valence-corrected chi connectivity index (χ0v) is 6.28. The van der Waals surface area contributed by atoms with Crippen molar-refractivity contribution < 1.29 is 14.3 Å². The molecule has 0 aromatic carbocycles. The predicted octanol–water partition coefficient (Wildman–Crippen LogP) is 0.418. The molecule has 1 aliphatic heterocycles. The summed E-state index contributed by atoms with van der Waals surface area (Å²) in [5.74, 6) is 0. The van der Waals surface area contributed by atoms with Crippen LogP contribution in [0.5, 0.6) is 0 Å². The molecule has 0 aromatic heterocycles. The summed E-state index contributed by atoms with van der Waals surface area (Å²) in [6.07, 6.45) is 1.80. The van der Waals surface area contributed by atoms with Gasteiger partial charge in [0.2, 0.25) is 0 Å². The van der Waals surface area contributed by atoms with Crippen molar-refractivity contribution in [1.82, 2.24) is 4.90 Å². The van der Waals surface area contributed by atoms with Gasteiger partial charge in [-0.1, -0.05) is 0 Å². The SMILES string of the molecule is O=CCCOC(=O)N1CCC1. The molecule has 0 N–H and O–H groups in total. The second-order valence-corrected chi connectivity index (χ2v) is 2.41. The first-order valence-electron chi connectivity index (χ1n) is 3.70. The molecular weight excluding hydrogens is 146 g/mol. The third kappa shape index (κ3) is 2.22. The average molecular weight is 157 g/mol. The smallest absolute Gasteiger partial charge is 0.409 e. The lowest BCUT2D eigenvalue weighted by Gasteiger charge is -2.29. The van der Waals surface area contributed by atoms with Crippen molar-refractivity contribution in [1.29, 1.82) is 0 Å². The molecule has 1 fully saturated rings. The molecule has 0 aliphatic carbocycles. The molecule has 4 heteroatoms. The minimum atomic E-state index is -0.293. The standard InChI is InChI=1S/C7H11NO3/c9-5-2-6-11-7(10)8-3-1-4-8/h5H,1-4,6H2. The van der Waals surface area contributed by atoms with Gasteiger partial charge >= 0.3 is 6.09 Å². The Balaban J connectivity index is 2.05. The van der Waals surface area contributed by atoms with Gasteiger partial charge in [-0.05, 0) is 6.42 Å². The van der Waals surface area contributed by atoms with Crippen molar-refractivity contribution in [3.63, 3.8) is 0 Å². The topological polar surface area (TPSA) is 46.6 Å². The maximum absolute atomic E-state index is 10.9. The van der Waals surface area contributed by atoms with Crippen LogP contribution in [0.3, 0.4) is 0 Å². The van der Waals surface area contributed by atoms with E-state index in [4.69, 9.17) is 4.74 Å². The molecule has 0 spiro atoms. The maximum atomic E-state index is 10.9. The summed E-state index contributed by atoms with van der Waals surface area (Å²) >= 11 is 0. The van der Waals surface area contributed by atoms with Crippen LogP contribution >= 0.6 is 0 Å². The molecule has 1 amide bonds. The summed E-state index contributed by atoms with van der Waals surface area (Å²) < 4.78 is 4.74. The van der Waals surface area contributed by atoms with Crippen molar-refractivity contribution in [3.8, 4) is 0 Å². The van der Waals surface area contributed by atoms with E-state index in [1.165, 1.54) is 0 Å². The van der Waals surface area contributed by atoms with E-state index in [1.54, 1.807) is 4.90 Å². The van der Waals surface area contributed by atoms with Crippen LogP contribution < -0.4 is 0 Å². The minimum absolute atomic E-state index is 0.207. The molecule has 62 valence electrons. The summed E-state index contributed by atoms with van der Waals surface area (Å²) in [5.41, 5.74) is 0. The lowest BCUT2D eigenvalue weighted by molar-refractivity contribution is -0.108. The monoisotopic (exact) mass is 157 g/mol. The van der Waals surface area contributed by atoms with Gasteiger partial charge in [0, 0.05) is 19.5 Å². The van der Waals surface area contributed by atoms with E-state index in [9.17, 15) is 9.59 Å². The number of likely N-dealkylation sites (tertiary alicyclic amines) is 1. The summed E-state index contributed by atoms with van der Waals surface area (Å²) in [4.78, 5) is 22.3. The van der Waals surface area contributed by atoms with Gasteiger partial charge < -0.3 is 14.4 Å². The molecule has 1 heterocycles. The van der Waals surface area contributed by atoms with Gasteiger partial charge in [0.05, 0.1) is 6.61 Å². The lowest BCUT2D eigenvalue weighted by atomic mass is 10.2. The van der Waals surface area contributed by atoms with E-state index in [2.05, 4.69) is 0 Å². The number of carbonyl (C=O) groups excluding carboxylic acids is 2. The van der Waals surface area contributed by atoms with Gasteiger partial charge in [-0.25, -0.2) is 4.79 Å². The van der Waals surface area contributed by atoms with Crippen molar-refractivity contribution in [3.05, 3.63) is 0 Å². The Labute approximate surface area is 65.1 Å². The Bertz CT molecular complexity index is 154. The average Bonchev–Trinajstić information content (AvgIpc) is 1.84. The molecule has 0 bridgehead atoms. The Morgan fingerprint density at radius 2 is 2.27 bits per heavy atom. The van der Waals surface area contributed by atoms with E-state index in [0.29, 0.717) is 6.42 Å². The zero-order valence-electron chi connectivity index (χ0n) is 6.28. The highest BCUT2D eigenvalue weighted by Gasteiger charge is 2.20. The lowest BCUT2D eigenvalue weighted by Crippen LogP contribution is -2.42. The molecule has 4 nitrogen and oxygen atoms in total.